The Hall–Kier alpha value is -1.40. The summed E-state index contributed by atoms with van der Waals surface area (Å²) >= 11 is 0. The first kappa shape index (κ1) is 15.7. The minimum Gasteiger partial charge on any atom is -0.462 e. The molecule has 108 valence electrons. The zero-order valence-corrected chi connectivity index (χ0v) is 11.2. The van der Waals surface area contributed by atoms with Crippen molar-refractivity contribution in [3.05, 3.63) is 12.2 Å². The van der Waals surface area contributed by atoms with Gasteiger partial charge in [-0.3, -0.25) is 4.79 Å². The van der Waals surface area contributed by atoms with E-state index in [-0.39, 0.29) is 19.6 Å². The molecule has 0 bridgehead atoms. The molecule has 6 heteroatoms. The maximum absolute atomic E-state index is 11.5. The van der Waals surface area contributed by atoms with E-state index in [2.05, 4.69) is 6.58 Å². The van der Waals surface area contributed by atoms with Gasteiger partial charge in [0.05, 0.1) is 13.0 Å². The van der Waals surface area contributed by atoms with E-state index in [1.807, 2.05) is 0 Å². The molecule has 0 amide bonds. The smallest absolute Gasteiger partial charge is 0.333 e. The summed E-state index contributed by atoms with van der Waals surface area (Å²) in [7, 11) is 0. The summed E-state index contributed by atoms with van der Waals surface area (Å²) < 4.78 is 20.5. The molecule has 1 rings (SSSR count). The lowest BCUT2D eigenvalue weighted by Crippen LogP contribution is -2.29. The number of hydrogen-bond acceptors (Lipinski definition) is 6. The molecule has 0 aliphatic carbocycles. The van der Waals surface area contributed by atoms with Crippen molar-refractivity contribution in [2.24, 2.45) is 0 Å². The molecule has 1 aliphatic heterocycles. The lowest BCUT2D eigenvalue weighted by molar-refractivity contribution is -0.196. The largest absolute Gasteiger partial charge is 0.462 e. The molecule has 0 aromatic heterocycles. The van der Waals surface area contributed by atoms with Crippen LogP contribution in [0.15, 0.2) is 12.2 Å². The Morgan fingerprint density at radius 2 is 2.05 bits per heavy atom. The Balaban J connectivity index is 2.18. The first-order chi connectivity index (χ1) is 9.09. The molecule has 19 heavy (non-hydrogen) atoms. The normalized spacial score (nSPS) is 19.9. The zero-order chi connectivity index (χ0) is 14.1. The van der Waals surface area contributed by atoms with Gasteiger partial charge in [-0.15, -0.1) is 0 Å². The van der Waals surface area contributed by atoms with Crippen LogP contribution in [-0.2, 0) is 28.5 Å². The van der Waals surface area contributed by atoms with Crippen molar-refractivity contribution < 1.29 is 28.5 Å². The van der Waals surface area contributed by atoms with Gasteiger partial charge in [-0.2, -0.15) is 0 Å². The summed E-state index contributed by atoms with van der Waals surface area (Å²) in [6.45, 7) is 6.38. The van der Waals surface area contributed by atoms with Crippen LogP contribution in [0.5, 0.6) is 0 Å². The monoisotopic (exact) mass is 272 g/mol. The molecule has 0 spiro atoms. The Labute approximate surface area is 112 Å². The highest BCUT2D eigenvalue weighted by molar-refractivity contribution is 5.87. The fourth-order valence-corrected chi connectivity index (χ4v) is 1.37. The van der Waals surface area contributed by atoms with Crippen molar-refractivity contribution in [2.75, 3.05) is 26.4 Å². The minimum absolute atomic E-state index is 0.0150. The molecule has 0 N–H and O–H groups in total. The van der Waals surface area contributed by atoms with Crippen molar-refractivity contribution in [2.45, 2.75) is 32.5 Å². The third kappa shape index (κ3) is 6.93. The Bertz CT molecular complexity index is 317. The number of esters is 2. The van der Waals surface area contributed by atoms with Crippen molar-refractivity contribution in [3.8, 4) is 0 Å². The molecule has 1 atom stereocenters. The minimum atomic E-state index is -0.676. The molecular weight excluding hydrogens is 252 g/mol. The number of carbonyl (C=O) groups excluding carboxylic acids is 2. The Morgan fingerprint density at radius 1 is 1.32 bits per heavy atom. The average Bonchev–Trinajstić information content (AvgIpc) is 2.32. The molecule has 0 aromatic carbocycles. The van der Waals surface area contributed by atoms with Gasteiger partial charge in [-0.25, -0.2) is 4.79 Å². The van der Waals surface area contributed by atoms with Crippen LogP contribution in [0.3, 0.4) is 0 Å². The highest BCUT2D eigenvalue weighted by Gasteiger charge is 2.17. The van der Waals surface area contributed by atoms with Crippen LogP contribution in [0.1, 0.15) is 26.2 Å². The van der Waals surface area contributed by atoms with Crippen molar-refractivity contribution in [3.63, 3.8) is 0 Å². The summed E-state index contributed by atoms with van der Waals surface area (Å²) in [6.07, 6.45) is 1.13. The van der Waals surface area contributed by atoms with Crippen LogP contribution < -0.4 is 0 Å². The molecule has 1 aliphatic rings. The van der Waals surface area contributed by atoms with Gasteiger partial charge in [0.25, 0.3) is 0 Å². The lowest BCUT2D eigenvalue weighted by Gasteiger charge is -2.20. The van der Waals surface area contributed by atoms with Gasteiger partial charge in [0.1, 0.15) is 13.2 Å². The lowest BCUT2D eigenvalue weighted by atomic mass is 10.3. The summed E-state index contributed by atoms with van der Waals surface area (Å²) in [5, 5.41) is 0. The molecule has 1 saturated heterocycles. The van der Waals surface area contributed by atoms with Crippen LogP contribution in [0, 0.1) is 0 Å². The first-order valence-electron chi connectivity index (χ1n) is 6.31. The van der Waals surface area contributed by atoms with Gasteiger partial charge in [-0.05, 0) is 19.8 Å². The van der Waals surface area contributed by atoms with Crippen LogP contribution in [0.2, 0.25) is 0 Å². The van der Waals surface area contributed by atoms with Gasteiger partial charge in [0, 0.05) is 12.2 Å². The highest BCUT2D eigenvalue weighted by Crippen LogP contribution is 2.06. The van der Waals surface area contributed by atoms with E-state index < -0.39 is 18.2 Å². The molecule has 0 saturated carbocycles. The van der Waals surface area contributed by atoms with Gasteiger partial charge >= 0.3 is 11.9 Å². The SMILES string of the molecule is C=C(C)C(=O)OCCC(=O)OC1COCCCCO1. The molecule has 0 radical (unpaired) electrons. The molecule has 1 fully saturated rings. The van der Waals surface area contributed by atoms with Crippen molar-refractivity contribution in [1.29, 1.82) is 0 Å². The summed E-state index contributed by atoms with van der Waals surface area (Å²) in [6, 6.07) is 0. The predicted molar refractivity (Wildman–Crippen MR) is 66.3 cm³/mol. The molecule has 1 unspecified atom stereocenters. The maximum Gasteiger partial charge on any atom is 0.333 e. The van der Waals surface area contributed by atoms with Gasteiger partial charge in [0.2, 0.25) is 6.29 Å². The maximum atomic E-state index is 11.5. The predicted octanol–water partition coefficient (Wildman–Crippen LogP) is 1.19. The fourth-order valence-electron chi connectivity index (χ4n) is 1.37. The second kappa shape index (κ2) is 8.66. The van der Waals surface area contributed by atoms with E-state index in [4.69, 9.17) is 18.9 Å². The number of hydrogen-bond donors (Lipinski definition) is 0. The first-order valence-corrected chi connectivity index (χ1v) is 6.31. The third-order valence-corrected chi connectivity index (χ3v) is 2.39. The number of carbonyl (C=O) groups is 2. The highest BCUT2D eigenvalue weighted by atomic mass is 16.7. The van der Waals surface area contributed by atoms with E-state index in [9.17, 15) is 9.59 Å². The molecular formula is C13H20O6. The van der Waals surface area contributed by atoms with E-state index in [1.54, 1.807) is 6.92 Å². The average molecular weight is 272 g/mol. The molecule has 1 heterocycles. The van der Waals surface area contributed by atoms with Gasteiger partial charge in [-0.1, -0.05) is 6.58 Å². The Kier molecular flexibility index (Phi) is 7.14. The summed E-state index contributed by atoms with van der Waals surface area (Å²) in [5.41, 5.74) is 0.296. The van der Waals surface area contributed by atoms with E-state index in [1.165, 1.54) is 0 Å². The summed E-state index contributed by atoms with van der Waals surface area (Å²) in [4.78, 5) is 22.6. The van der Waals surface area contributed by atoms with Crippen LogP contribution in [0.25, 0.3) is 0 Å². The summed E-state index contributed by atoms with van der Waals surface area (Å²) in [5.74, 6) is -0.998. The van der Waals surface area contributed by atoms with Crippen LogP contribution in [0.4, 0.5) is 0 Å². The Morgan fingerprint density at radius 3 is 2.79 bits per heavy atom. The van der Waals surface area contributed by atoms with E-state index in [0.717, 1.165) is 12.8 Å². The van der Waals surface area contributed by atoms with Gasteiger partial charge < -0.3 is 18.9 Å². The number of rotatable bonds is 5. The standard InChI is InChI=1S/C13H20O6/c1-10(2)13(15)18-8-5-11(14)19-12-9-16-6-3-4-7-17-12/h12H,1,3-9H2,2H3. The fraction of sp³-hybridized carbons (Fsp3) is 0.692. The molecule has 6 nitrogen and oxygen atoms in total. The van der Waals surface area contributed by atoms with Crippen LogP contribution in [-0.4, -0.2) is 44.7 Å². The van der Waals surface area contributed by atoms with E-state index >= 15 is 0 Å². The molecule has 0 aromatic rings. The second-order valence-electron chi connectivity index (χ2n) is 4.24. The third-order valence-electron chi connectivity index (χ3n) is 2.39. The van der Waals surface area contributed by atoms with Crippen molar-refractivity contribution in [1.82, 2.24) is 0 Å². The zero-order valence-electron chi connectivity index (χ0n) is 11.2. The van der Waals surface area contributed by atoms with Crippen LogP contribution >= 0.6 is 0 Å². The second-order valence-corrected chi connectivity index (χ2v) is 4.24. The van der Waals surface area contributed by atoms with Crippen molar-refractivity contribution >= 4 is 11.9 Å². The van der Waals surface area contributed by atoms with E-state index in [0.29, 0.717) is 18.8 Å². The topological polar surface area (TPSA) is 71.1 Å². The number of ether oxygens (including phenoxy) is 4. The van der Waals surface area contributed by atoms with Gasteiger partial charge in [0.15, 0.2) is 0 Å². The quantitative estimate of drug-likeness (QED) is 0.553.